The predicted octanol–water partition coefficient (Wildman–Crippen LogP) is 6.09. The number of benzene rings is 1. The van der Waals surface area contributed by atoms with Crippen LogP contribution in [0, 0.1) is 5.92 Å². The summed E-state index contributed by atoms with van der Waals surface area (Å²) >= 11 is 19.5. The number of thiazole rings is 1. The second kappa shape index (κ2) is 7.69. The number of hydrogen-bond donors (Lipinski definition) is 0. The Kier molecular flexibility index (Phi) is 6.29. The summed E-state index contributed by atoms with van der Waals surface area (Å²) in [6.45, 7) is 11.9. The van der Waals surface area contributed by atoms with Gasteiger partial charge >= 0.3 is 0 Å². The Hall–Kier alpha value is -0.680. The number of halogens is 2. The highest BCUT2D eigenvalue weighted by atomic mass is 35.5. The van der Waals surface area contributed by atoms with Gasteiger partial charge in [0.2, 0.25) is 0 Å². The van der Waals surface area contributed by atoms with Gasteiger partial charge in [-0.15, -0.1) is 11.3 Å². The summed E-state index contributed by atoms with van der Waals surface area (Å²) in [7, 11) is 0. The maximum Gasteiger partial charge on any atom is 0.191 e. The summed E-state index contributed by atoms with van der Waals surface area (Å²) in [5.74, 6) is 0.523. The van der Waals surface area contributed by atoms with Crippen LogP contribution in [0.2, 0.25) is 10.0 Å². The van der Waals surface area contributed by atoms with E-state index in [4.69, 9.17) is 35.4 Å². The smallest absolute Gasteiger partial charge is 0.191 e. The van der Waals surface area contributed by atoms with Gasteiger partial charge in [-0.3, -0.25) is 0 Å². The Morgan fingerprint density at radius 2 is 1.96 bits per heavy atom. The van der Waals surface area contributed by atoms with E-state index in [0.717, 1.165) is 11.3 Å². The van der Waals surface area contributed by atoms with Gasteiger partial charge in [-0.2, -0.15) is 0 Å². The zero-order valence-corrected chi connectivity index (χ0v) is 17.7. The minimum atomic E-state index is 0.0759. The number of hydrogen-bond acceptors (Lipinski definition) is 2. The molecule has 0 atom stereocenters. The minimum Gasteiger partial charge on any atom is -0.323 e. The van der Waals surface area contributed by atoms with Crippen molar-refractivity contribution in [1.29, 1.82) is 0 Å². The Bertz CT molecular complexity index is 811. The van der Waals surface area contributed by atoms with E-state index >= 15 is 0 Å². The lowest BCUT2D eigenvalue weighted by atomic mass is 9.95. The van der Waals surface area contributed by atoms with Gasteiger partial charge in [0, 0.05) is 23.2 Å². The molecule has 0 saturated carbocycles. The molecular formula is C18H22Cl2N2S2. The van der Waals surface area contributed by atoms with E-state index in [0.29, 0.717) is 26.5 Å². The molecule has 24 heavy (non-hydrogen) atoms. The van der Waals surface area contributed by atoms with Crippen molar-refractivity contribution >= 4 is 51.7 Å². The third-order valence-electron chi connectivity index (χ3n) is 3.40. The molecule has 0 aliphatic rings. The molecule has 2 nitrogen and oxygen atoms in total. The SMILES string of the molecule is CC(C)Cn1cc(C(C)(C)C)sc1=NC(=S)c1cccc(Cl)c1Cl. The molecular weight excluding hydrogens is 379 g/mol. The maximum atomic E-state index is 6.27. The van der Waals surface area contributed by atoms with Gasteiger partial charge in [-0.05, 0) is 17.4 Å². The topological polar surface area (TPSA) is 17.3 Å². The first-order valence-electron chi connectivity index (χ1n) is 7.83. The molecule has 0 aliphatic carbocycles. The van der Waals surface area contributed by atoms with Gasteiger partial charge in [-0.1, -0.05) is 82.2 Å². The highest BCUT2D eigenvalue weighted by Gasteiger charge is 2.18. The number of rotatable bonds is 3. The van der Waals surface area contributed by atoms with Crippen molar-refractivity contribution < 1.29 is 0 Å². The average molecular weight is 401 g/mol. The van der Waals surface area contributed by atoms with Crippen LogP contribution in [-0.4, -0.2) is 9.56 Å². The Balaban J connectivity index is 2.53. The van der Waals surface area contributed by atoms with Crippen LogP contribution in [0.3, 0.4) is 0 Å². The molecule has 0 unspecified atom stereocenters. The highest BCUT2D eigenvalue weighted by molar-refractivity contribution is 7.80. The normalized spacial score (nSPS) is 12.9. The largest absolute Gasteiger partial charge is 0.323 e. The second-order valence-electron chi connectivity index (χ2n) is 7.19. The van der Waals surface area contributed by atoms with E-state index in [9.17, 15) is 0 Å². The first kappa shape index (κ1) is 19.6. The summed E-state index contributed by atoms with van der Waals surface area (Å²) in [5.41, 5.74) is 0.771. The average Bonchev–Trinajstić information content (AvgIpc) is 2.84. The van der Waals surface area contributed by atoms with Gasteiger partial charge in [0.05, 0.1) is 10.0 Å². The molecule has 0 bridgehead atoms. The number of nitrogens with zero attached hydrogens (tertiary/aromatic N) is 2. The molecule has 0 fully saturated rings. The highest BCUT2D eigenvalue weighted by Crippen LogP contribution is 2.27. The lowest BCUT2D eigenvalue weighted by molar-refractivity contribution is 0.509. The molecule has 0 saturated heterocycles. The van der Waals surface area contributed by atoms with Crippen molar-refractivity contribution in [2.24, 2.45) is 10.9 Å². The van der Waals surface area contributed by atoms with Crippen LogP contribution in [0.25, 0.3) is 0 Å². The summed E-state index contributed by atoms with van der Waals surface area (Å²) < 4.78 is 2.18. The molecule has 2 aromatic rings. The minimum absolute atomic E-state index is 0.0759. The third-order valence-corrected chi connectivity index (χ3v) is 5.98. The van der Waals surface area contributed by atoms with E-state index in [2.05, 4.69) is 50.4 Å². The molecule has 0 radical (unpaired) electrons. The molecule has 0 amide bonds. The molecule has 2 rings (SSSR count). The van der Waals surface area contributed by atoms with E-state index in [-0.39, 0.29) is 5.41 Å². The summed E-state index contributed by atoms with van der Waals surface area (Å²) in [6.07, 6.45) is 2.19. The van der Waals surface area contributed by atoms with Crippen LogP contribution < -0.4 is 4.80 Å². The van der Waals surface area contributed by atoms with Gasteiger partial charge in [0.15, 0.2) is 4.80 Å². The van der Waals surface area contributed by atoms with Crippen LogP contribution in [0.5, 0.6) is 0 Å². The molecule has 0 spiro atoms. The van der Waals surface area contributed by atoms with E-state index in [1.54, 1.807) is 17.4 Å². The van der Waals surface area contributed by atoms with Crippen LogP contribution in [0.1, 0.15) is 45.1 Å². The fraction of sp³-hybridized carbons (Fsp3) is 0.444. The van der Waals surface area contributed by atoms with E-state index in [1.165, 1.54) is 4.88 Å². The Morgan fingerprint density at radius 3 is 2.54 bits per heavy atom. The third kappa shape index (κ3) is 4.69. The standard InChI is InChI=1S/C18H22Cl2N2S2/c1-11(2)9-22-10-14(18(3,4)5)24-17(22)21-16(23)12-7-6-8-13(19)15(12)20/h6-8,10-11H,9H2,1-5H3. The molecule has 1 aromatic carbocycles. The van der Waals surface area contributed by atoms with Crippen molar-refractivity contribution in [3.8, 4) is 0 Å². The van der Waals surface area contributed by atoms with Crippen molar-refractivity contribution in [2.75, 3.05) is 0 Å². The van der Waals surface area contributed by atoms with Gasteiger partial charge < -0.3 is 4.57 Å². The van der Waals surface area contributed by atoms with Crippen molar-refractivity contribution in [3.05, 3.63) is 49.7 Å². The fourth-order valence-electron chi connectivity index (χ4n) is 2.15. The molecule has 1 heterocycles. The monoisotopic (exact) mass is 400 g/mol. The summed E-state index contributed by atoms with van der Waals surface area (Å²) in [4.78, 5) is 7.33. The Labute approximate surface area is 163 Å². The zero-order valence-electron chi connectivity index (χ0n) is 14.6. The summed E-state index contributed by atoms with van der Waals surface area (Å²) in [5, 5.41) is 0.944. The number of thiocarbonyl (C=S) groups is 1. The quantitative estimate of drug-likeness (QED) is 0.569. The van der Waals surface area contributed by atoms with Crippen LogP contribution in [0.4, 0.5) is 0 Å². The lowest BCUT2D eigenvalue weighted by Crippen LogP contribution is -2.18. The van der Waals surface area contributed by atoms with Gasteiger partial charge in [0.1, 0.15) is 4.99 Å². The predicted molar refractivity (Wildman–Crippen MR) is 110 cm³/mol. The van der Waals surface area contributed by atoms with Crippen molar-refractivity contribution in [2.45, 2.75) is 46.6 Å². The zero-order chi connectivity index (χ0) is 18.1. The molecule has 0 aliphatic heterocycles. The second-order valence-corrected chi connectivity index (χ2v) is 9.37. The Morgan fingerprint density at radius 1 is 1.29 bits per heavy atom. The molecule has 1 aromatic heterocycles. The maximum absolute atomic E-state index is 6.27. The lowest BCUT2D eigenvalue weighted by Gasteiger charge is -2.14. The van der Waals surface area contributed by atoms with Crippen LogP contribution >= 0.6 is 46.8 Å². The van der Waals surface area contributed by atoms with Crippen molar-refractivity contribution in [1.82, 2.24) is 4.57 Å². The van der Waals surface area contributed by atoms with Crippen LogP contribution in [-0.2, 0) is 12.0 Å². The fourth-order valence-corrected chi connectivity index (χ4v) is 3.98. The summed E-state index contributed by atoms with van der Waals surface area (Å²) in [6, 6.07) is 5.44. The molecule has 6 heteroatoms. The van der Waals surface area contributed by atoms with Gasteiger partial charge in [0.25, 0.3) is 0 Å². The first-order chi connectivity index (χ1) is 11.1. The van der Waals surface area contributed by atoms with Gasteiger partial charge in [-0.25, -0.2) is 4.99 Å². The number of aromatic nitrogens is 1. The molecule has 130 valence electrons. The van der Waals surface area contributed by atoms with E-state index < -0.39 is 0 Å². The molecule has 0 N–H and O–H groups in total. The van der Waals surface area contributed by atoms with E-state index in [1.807, 2.05) is 12.1 Å². The first-order valence-corrected chi connectivity index (χ1v) is 9.81. The van der Waals surface area contributed by atoms with Crippen molar-refractivity contribution in [3.63, 3.8) is 0 Å². The van der Waals surface area contributed by atoms with Crippen LogP contribution in [0.15, 0.2) is 29.4 Å².